The number of benzene rings is 1. The Morgan fingerprint density at radius 3 is 2.31 bits per heavy atom. The molecule has 0 aliphatic rings. The third-order valence-corrected chi connectivity index (χ3v) is 5.19. The topological polar surface area (TPSA) is 84.8 Å². The van der Waals surface area contributed by atoms with E-state index in [1.165, 1.54) is 22.8 Å². The summed E-state index contributed by atoms with van der Waals surface area (Å²) in [5.41, 5.74) is -1.10. The molecule has 32 heavy (non-hydrogen) atoms. The second kappa shape index (κ2) is 9.58. The maximum Gasteiger partial charge on any atom is 0.417 e. The van der Waals surface area contributed by atoms with E-state index in [0.717, 1.165) is 0 Å². The lowest BCUT2D eigenvalue weighted by Crippen LogP contribution is -2.13. The van der Waals surface area contributed by atoms with Gasteiger partial charge in [0, 0.05) is 35.7 Å². The van der Waals surface area contributed by atoms with Crippen LogP contribution < -0.4 is 10.4 Å². The second-order valence-electron chi connectivity index (χ2n) is 7.60. The molecule has 6 nitrogen and oxygen atoms in total. The summed E-state index contributed by atoms with van der Waals surface area (Å²) in [7, 11) is 0. The van der Waals surface area contributed by atoms with Crippen LogP contribution in [0.15, 0.2) is 33.5 Å². The molecule has 2 aromatic heterocycles. The molecule has 0 aliphatic carbocycles. The van der Waals surface area contributed by atoms with Crippen molar-refractivity contribution >= 4 is 11.0 Å². The highest BCUT2D eigenvalue weighted by Crippen LogP contribution is 2.40. The number of aromatic nitrogens is 1. The smallest absolute Gasteiger partial charge is 0.417 e. The van der Waals surface area contributed by atoms with Gasteiger partial charge in [-0.25, -0.2) is 4.79 Å². The summed E-state index contributed by atoms with van der Waals surface area (Å²) >= 11 is 0. The van der Waals surface area contributed by atoms with Gasteiger partial charge < -0.3 is 19.4 Å². The number of nitrogens with zero attached hydrogens (tertiary/aromatic N) is 1. The Balaban J connectivity index is 2.02. The van der Waals surface area contributed by atoms with E-state index in [0.29, 0.717) is 55.0 Å². The number of ether oxygens (including phenoxy) is 1. The van der Waals surface area contributed by atoms with Crippen molar-refractivity contribution in [3.63, 3.8) is 0 Å². The van der Waals surface area contributed by atoms with E-state index in [4.69, 9.17) is 9.15 Å². The number of aromatic hydroxyl groups is 2. The van der Waals surface area contributed by atoms with E-state index in [1.807, 2.05) is 13.8 Å². The van der Waals surface area contributed by atoms with Gasteiger partial charge in [-0.05, 0) is 30.9 Å². The first kappa shape index (κ1) is 23.6. The molecule has 0 fully saturated rings. The van der Waals surface area contributed by atoms with E-state index in [9.17, 15) is 28.2 Å². The highest BCUT2D eigenvalue weighted by Gasteiger charge is 2.35. The number of rotatable bonds is 9. The average Bonchev–Trinajstić information content (AvgIpc) is 3.04. The summed E-state index contributed by atoms with van der Waals surface area (Å²) in [6.07, 6.45) is -2.07. The van der Waals surface area contributed by atoms with Crippen molar-refractivity contribution in [3.8, 4) is 17.5 Å². The number of aryl methyl sites for hydroxylation is 2. The predicted molar refractivity (Wildman–Crippen MR) is 113 cm³/mol. The van der Waals surface area contributed by atoms with Gasteiger partial charge in [0.2, 0.25) is 0 Å². The first-order valence-electron chi connectivity index (χ1n) is 10.6. The highest BCUT2D eigenvalue weighted by atomic mass is 19.4. The summed E-state index contributed by atoms with van der Waals surface area (Å²) in [6.45, 7) is 4.28. The van der Waals surface area contributed by atoms with Gasteiger partial charge >= 0.3 is 11.8 Å². The molecule has 0 atom stereocenters. The number of fused-ring (bicyclic) bond motifs is 1. The largest absolute Gasteiger partial charge is 0.494 e. The molecule has 2 N–H and O–H groups in total. The molecule has 0 radical (unpaired) electrons. The fourth-order valence-electron chi connectivity index (χ4n) is 3.83. The summed E-state index contributed by atoms with van der Waals surface area (Å²) in [5.74, 6) is 0.283. The van der Waals surface area contributed by atoms with Crippen LogP contribution in [0.1, 0.15) is 49.8 Å². The summed E-state index contributed by atoms with van der Waals surface area (Å²) in [6, 6.07) is 4.64. The molecule has 0 spiro atoms. The number of halogens is 3. The fraction of sp³-hybridized carbons (Fsp3) is 0.435. The maximum absolute atomic E-state index is 13.6. The molecule has 0 saturated heterocycles. The van der Waals surface area contributed by atoms with Crippen molar-refractivity contribution in [1.29, 1.82) is 0 Å². The monoisotopic (exact) mass is 453 g/mol. The van der Waals surface area contributed by atoms with Crippen molar-refractivity contribution in [2.24, 2.45) is 0 Å². The molecule has 0 bridgehead atoms. The molecule has 2 heterocycles. The Bertz CT molecular complexity index is 1130. The van der Waals surface area contributed by atoms with E-state index in [1.54, 1.807) is 0 Å². The zero-order valence-corrected chi connectivity index (χ0v) is 18.0. The molecule has 0 unspecified atom stereocenters. The minimum Gasteiger partial charge on any atom is -0.494 e. The SMILES string of the molecule is CCCc1cc2c(C(F)(F)F)cc(=O)oc2c(CCC)c1OCCCn1c(O)ccc1O. The Morgan fingerprint density at radius 1 is 1.06 bits per heavy atom. The Kier molecular flexibility index (Phi) is 7.06. The molecule has 174 valence electrons. The Hall–Kier alpha value is -3.10. The predicted octanol–water partition coefficient (Wildman–Crippen LogP) is 5.40. The zero-order chi connectivity index (χ0) is 23.5. The van der Waals surface area contributed by atoms with Crippen molar-refractivity contribution < 1.29 is 32.5 Å². The molecule has 0 aliphatic heterocycles. The van der Waals surface area contributed by atoms with Crippen LogP contribution >= 0.6 is 0 Å². The van der Waals surface area contributed by atoms with Gasteiger partial charge in [0.25, 0.3) is 0 Å². The lowest BCUT2D eigenvalue weighted by Gasteiger charge is -2.19. The molecule has 0 saturated carbocycles. The van der Waals surface area contributed by atoms with Crippen LogP contribution in [-0.2, 0) is 25.6 Å². The fourth-order valence-corrected chi connectivity index (χ4v) is 3.83. The number of alkyl halides is 3. The molecule has 9 heteroatoms. The number of hydrogen-bond acceptors (Lipinski definition) is 5. The zero-order valence-electron chi connectivity index (χ0n) is 18.0. The molecule has 3 rings (SSSR count). The van der Waals surface area contributed by atoms with Crippen LogP contribution in [0, 0.1) is 0 Å². The van der Waals surface area contributed by atoms with Gasteiger partial charge in [-0.2, -0.15) is 13.2 Å². The van der Waals surface area contributed by atoms with Gasteiger partial charge in [0.15, 0.2) is 11.8 Å². The normalized spacial score (nSPS) is 11.9. The summed E-state index contributed by atoms with van der Waals surface area (Å²) < 4.78 is 53.4. The van der Waals surface area contributed by atoms with Crippen molar-refractivity contribution in [3.05, 3.63) is 51.4 Å². The van der Waals surface area contributed by atoms with Gasteiger partial charge in [0.1, 0.15) is 11.3 Å². The van der Waals surface area contributed by atoms with Gasteiger partial charge in [-0.15, -0.1) is 0 Å². The third-order valence-electron chi connectivity index (χ3n) is 5.19. The van der Waals surface area contributed by atoms with Gasteiger partial charge in [-0.3, -0.25) is 4.57 Å². The summed E-state index contributed by atoms with van der Waals surface area (Å²) in [5, 5.41) is 19.3. The average molecular weight is 453 g/mol. The van der Waals surface area contributed by atoms with E-state index in [2.05, 4.69) is 0 Å². The summed E-state index contributed by atoms with van der Waals surface area (Å²) in [4.78, 5) is 11.9. The van der Waals surface area contributed by atoms with E-state index >= 15 is 0 Å². The second-order valence-corrected chi connectivity index (χ2v) is 7.60. The van der Waals surface area contributed by atoms with Crippen molar-refractivity contribution in [2.45, 2.75) is 58.7 Å². The Labute approximate surface area is 182 Å². The van der Waals surface area contributed by atoms with Crippen LogP contribution in [0.25, 0.3) is 11.0 Å². The molecule has 1 aromatic carbocycles. The maximum atomic E-state index is 13.6. The molecular formula is C23H26F3NO5. The van der Waals surface area contributed by atoms with Crippen LogP contribution in [0.3, 0.4) is 0 Å². The molecule has 0 amide bonds. The van der Waals surface area contributed by atoms with Crippen molar-refractivity contribution in [1.82, 2.24) is 4.57 Å². The van der Waals surface area contributed by atoms with Gasteiger partial charge in [0.05, 0.1) is 12.2 Å². The lowest BCUT2D eigenvalue weighted by atomic mass is 9.96. The number of hydrogen-bond donors (Lipinski definition) is 2. The molecule has 3 aromatic rings. The quantitative estimate of drug-likeness (QED) is 0.335. The highest BCUT2D eigenvalue weighted by molar-refractivity contribution is 5.87. The minimum atomic E-state index is -4.69. The third kappa shape index (κ3) is 4.87. The van der Waals surface area contributed by atoms with Gasteiger partial charge in [-0.1, -0.05) is 26.7 Å². The minimum absolute atomic E-state index is 0.0759. The van der Waals surface area contributed by atoms with Crippen LogP contribution in [0.2, 0.25) is 0 Å². The first-order valence-corrected chi connectivity index (χ1v) is 10.6. The van der Waals surface area contributed by atoms with E-state index in [-0.39, 0.29) is 35.9 Å². The van der Waals surface area contributed by atoms with E-state index < -0.39 is 17.4 Å². The van der Waals surface area contributed by atoms with Crippen LogP contribution in [-0.4, -0.2) is 21.4 Å². The standard InChI is InChI=1S/C23H26F3NO5/c1-3-6-14-12-16-17(23(24,25)26)13-20(30)32-22(16)15(7-4-2)21(14)31-11-5-10-27-18(28)8-9-19(27)29/h8-9,12-13,28-29H,3-7,10-11H2,1-2H3. The van der Waals surface area contributed by atoms with Crippen LogP contribution in [0.5, 0.6) is 17.5 Å². The Morgan fingerprint density at radius 2 is 1.72 bits per heavy atom. The first-order chi connectivity index (χ1) is 15.2. The van der Waals surface area contributed by atoms with Crippen LogP contribution in [0.4, 0.5) is 13.2 Å². The van der Waals surface area contributed by atoms with Crippen molar-refractivity contribution in [2.75, 3.05) is 6.61 Å². The lowest BCUT2D eigenvalue weighted by molar-refractivity contribution is -0.136. The molecular weight excluding hydrogens is 427 g/mol.